The van der Waals surface area contributed by atoms with Gasteiger partial charge in [-0.3, -0.25) is 14.2 Å². The Hall–Kier alpha value is -3.00. The summed E-state index contributed by atoms with van der Waals surface area (Å²) in [4.78, 5) is 14.8. The summed E-state index contributed by atoms with van der Waals surface area (Å²) in [6, 6.07) is 10.2. The van der Waals surface area contributed by atoms with Gasteiger partial charge < -0.3 is 10.2 Å². The number of nitrogens with zero attached hydrogens (tertiary/aromatic N) is 6. The van der Waals surface area contributed by atoms with Crippen LogP contribution in [0.4, 0.5) is 0 Å². The van der Waals surface area contributed by atoms with Crippen LogP contribution in [0.1, 0.15) is 40.9 Å². The molecule has 0 aliphatic carbocycles. The van der Waals surface area contributed by atoms with Crippen LogP contribution in [0.15, 0.2) is 48.9 Å². The minimum absolute atomic E-state index is 0.218. The molecular weight excluding hydrogens is 366 g/mol. The van der Waals surface area contributed by atoms with Crippen molar-refractivity contribution < 1.29 is 4.79 Å². The van der Waals surface area contributed by atoms with Crippen LogP contribution in [0.2, 0.25) is 0 Å². The van der Waals surface area contributed by atoms with Gasteiger partial charge in [-0.25, -0.2) is 0 Å². The van der Waals surface area contributed by atoms with Gasteiger partial charge in [0.15, 0.2) is 5.69 Å². The minimum Gasteiger partial charge on any atom is -0.346 e. The highest BCUT2D eigenvalue weighted by Gasteiger charge is 2.13. The van der Waals surface area contributed by atoms with Crippen LogP contribution >= 0.6 is 0 Å². The number of hydrogen-bond acceptors (Lipinski definition) is 5. The zero-order valence-electron chi connectivity index (χ0n) is 16.6. The summed E-state index contributed by atoms with van der Waals surface area (Å²) in [6.07, 6.45) is 9.31. The van der Waals surface area contributed by atoms with E-state index >= 15 is 0 Å². The first-order valence-electron chi connectivity index (χ1n) is 10.2. The van der Waals surface area contributed by atoms with Crippen LogP contribution in [-0.2, 0) is 19.6 Å². The topological polar surface area (TPSA) is 80.9 Å². The highest BCUT2D eigenvalue weighted by Crippen LogP contribution is 2.08. The highest BCUT2D eigenvalue weighted by atomic mass is 16.2. The molecule has 1 aliphatic heterocycles. The van der Waals surface area contributed by atoms with E-state index in [-0.39, 0.29) is 5.91 Å². The first kappa shape index (κ1) is 19.3. The van der Waals surface area contributed by atoms with Crippen molar-refractivity contribution >= 4 is 5.91 Å². The molecule has 0 bridgehead atoms. The Morgan fingerprint density at radius 1 is 0.966 bits per heavy atom. The maximum atomic E-state index is 12.4. The fourth-order valence-corrected chi connectivity index (χ4v) is 3.57. The summed E-state index contributed by atoms with van der Waals surface area (Å²) in [7, 11) is 0. The molecule has 0 unspecified atom stereocenters. The second-order valence-corrected chi connectivity index (χ2v) is 7.48. The third-order valence-corrected chi connectivity index (χ3v) is 5.19. The average molecular weight is 393 g/mol. The Kier molecular flexibility index (Phi) is 6.31. The van der Waals surface area contributed by atoms with Gasteiger partial charge in [-0.15, -0.1) is 5.10 Å². The Morgan fingerprint density at radius 2 is 1.79 bits per heavy atom. The number of aromatic nitrogens is 5. The molecule has 8 heteroatoms. The molecule has 152 valence electrons. The van der Waals surface area contributed by atoms with E-state index < -0.39 is 0 Å². The Labute approximate surface area is 170 Å². The van der Waals surface area contributed by atoms with Crippen molar-refractivity contribution in [1.82, 2.24) is 35.0 Å². The van der Waals surface area contributed by atoms with Gasteiger partial charge >= 0.3 is 0 Å². The smallest absolute Gasteiger partial charge is 0.273 e. The predicted molar refractivity (Wildman–Crippen MR) is 109 cm³/mol. The second-order valence-electron chi connectivity index (χ2n) is 7.48. The number of nitrogens with one attached hydrogen (secondary N) is 1. The molecule has 3 aromatic rings. The molecule has 1 aliphatic rings. The third kappa shape index (κ3) is 5.51. The van der Waals surface area contributed by atoms with Crippen molar-refractivity contribution in [3.05, 3.63) is 65.7 Å². The lowest BCUT2D eigenvalue weighted by molar-refractivity contribution is 0.0946. The lowest BCUT2D eigenvalue weighted by atomic mass is 10.1. The predicted octanol–water partition coefficient (Wildman–Crippen LogP) is 1.94. The Morgan fingerprint density at radius 3 is 2.62 bits per heavy atom. The van der Waals surface area contributed by atoms with Gasteiger partial charge in [-0.2, -0.15) is 5.10 Å². The van der Waals surface area contributed by atoms with Crippen LogP contribution in [0, 0.1) is 0 Å². The quantitative estimate of drug-likeness (QED) is 0.633. The molecule has 0 atom stereocenters. The van der Waals surface area contributed by atoms with Gasteiger partial charge in [0.05, 0.1) is 25.5 Å². The first-order chi connectivity index (χ1) is 14.3. The number of likely N-dealkylation sites (tertiary alicyclic amines) is 1. The number of piperidine rings is 1. The molecule has 1 amide bonds. The number of carbonyl (C=O) groups is 1. The van der Waals surface area contributed by atoms with Gasteiger partial charge in [0.1, 0.15) is 0 Å². The van der Waals surface area contributed by atoms with Crippen molar-refractivity contribution in [2.24, 2.45) is 0 Å². The molecule has 1 saturated heterocycles. The fraction of sp³-hybridized carbons (Fsp3) is 0.429. The van der Waals surface area contributed by atoms with Gasteiger partial charge in [0.2, 0.25) is 0 Å². The molecular formula is C21H27N7O. The first-order valence-corrected chi connectivity index (χ1v) is 10.2. The van der Waals surface area contributed by atoms with E-state index in [0.29, 0.717) is 18.8 Å². The molecule has 29 heavy (non-hydrogen) atoms. The second kappa shape index (κ2) is 9.47. The van der Waals surface area contributed by atoms with Crippen molar-refractivity contribution in [3.63, 3.8) is 0 Å². The van der Waals surface area contributed by atoms with E-state index in [1.165, 1.54) is 24.8 Å². The van der Waals surface area contributed by atoms with Crippen molar-refractivity contribution in [2.75, 3.05) is 19.6 Å². The maximum absolute atomic E-state index is 12.4. The van der Waals surface area contributed by atoms with Crippen LogP contribution < -0.4 is 5.32 Å². The molecule has 8 nitrogen and oxygen atoms in total. The summed E-state index contributed by atoms with van der Waals surface area (Å²) < 4.78 is 3.62. The monoisotopic (exact) mass is 393 g/mol. The van der Waals surface area contributed by atoms with Gasteiger partial charge in [-0.05, 0) is 31.5 Å². The summed E-state index contributed by atoms with van der Waals surface area (Å²) in [5, 5.41) is 15.4. The van der Waals surface area contributed by atoms with Crippen LogP contribution in [0.5, 0.6) is 0 Å². The zero-order chi connectivity index (χ0) is 19.9. The number of hydrogen-bond donors (Lipinski definition) is 1. The fourth-order valence-electron chi connectivity index (χ4n) is 3.57. The standard InChI is InChI=1S/C21H27N7O/c29-21(20-17-27(25-24-20)12-11-26-9-5-2-6-10-26)22-13-19-14-23-28(16-19)15-18-7-3-1-4-8-18/h1,3-4,7-8,14,16-17H,2,5-6,9-13,15H2,(H,22,29). The molecule has 4 rings (SSSR count). The maximum Gasteiger partial charge on any atom is 0.273 e. The number of benzene rings is 1. The van der Waals surface area contributed by atoms with E-state index in [1.54, 1.807) is 17.1 Å². The zero-order valence-corrected chi connectivity index (χ0v) is 16.6. The van der Waals surface area contributed by atoms with Gasteiger partial charge in [-0.1, -0.05) is 42.0 Å². The normalized spacial score (nSPS) is 14.8. The van der Waals surface area contributed by atoms with Gasteiger partial charge in [0.25, 0.3) is 5.91 Å². The SMILES string of the molecule is O=C(NCc1cnn(Cc2ccccc2)c1)c1cn(CCN2CCCCC2)nn1. The lowest BCUT2D eigenvalue weighted by Gasteiger charge is -2.25. The number of amides is 1. The molecule has 1 N–H and O–H groups in total. The molecule has 0 spiro atoms. The summed E-state index contributed by atoms with van der Waals surface area (Å²) in [6.45, 7) is 5.13. The summed E-state index contributed by atoms with van der Waals surface area (Å²) in [5.74, 6) is -0.218. The van der Waals surface area contributed by atoms with Crippen LogP contribution in [0.25, 0.3) is 0 Å². The minimum atomic E-state index is -0.218. The van der Waals surface area contributed by atoms with E-state index in [0.717, 1.165) is 31.7 Å². The third-order valence-electron chi connectivity index (χ3n) is 5.19. The molecule has 1 aromatic carbocycles. The van der Waals surface area contributed by atoms with E-state index in [2.05, 4.69) is 37.8 Å². The summed E-state index contributed by atoms with van der Waals surface area (Å²) in [5.41, 5.74) is 2.49. The average Bonchev–Trinajstić information content (AvgIpc) is 3.42. The lowest BCUT2D eigenvalue weighted by Crippen LogP contribution is -2.32. The van der Waals surface area contributed by atoms with E-state index in [1.807, 2.05) is 29.1 Å². The largest absolute Gasteiger partial charge is 0.346 e. The number of rotatable bonds is 8. The van der Waals surface area contributed by atoms with E-state index in [9.17, 15) is 4.79 Å². The molecule has 0 saturated carbocycles. The summed E-state index contributed by atoms with van der Waals surface area (Å²) >= 11 is 0. The molecule has 0 radical (unpaired) electrons. The van der Waals surface area contributed by atoms with Crippen molar-refractivity contribution in [3.8, 4) is 0 Å². The van der Waals surface area contributed by atoms with Crippen LogP contribution in [0.3, 0.4) is 0 Å². The number of carbonyl (C=O) groups excluding carboxylic acids is 1. The molecule has 2 aromatic heterocycles. The Bertz CT molecular complexity index is 912. The van der Waals surface area contributed by atoms with E-state index in [4.69, 9.17) is 0 Å². The van der Waals surface area contributed by atoms with Gasteiger partial charge in [0, 0.05) is 24.8 Å². The van der Waals surface area contributed by atoms with Crippen molar-refractivity contribution in [1.29, 1.82) is 0 Å². The van der Waals surface area contributed by atoms with Crippen molar-refractivity contribution in [2.45, 2.75) is 38.9 Å². The molecule has 1 fully saturated rings. The highest BCUT2D eigenvalue weighted by molar-refractivity contribution is 5.91. The molecule has 3 heterocycles. The van der Waals surface area contributed by atoms with Crippen LogP contribution in [-0.4, -0.2) is 55.2 Å². The Balaban J connectivity index is 1.24.